The molecule has 1 aromatic carbocycles. The Morgan fingerprint density at radius 2 is 2.05 bits per heavy atom. The van der Waals surface area contributed by atoms with Crippen LogP contribution in [0.25, 0.3) is 0 Å². The monoisotopic (exact) mass is 298 g/mol. The largest absolute Gasteiger partial charge is 0.465 e. The van der Waals surface area contributed by atoms with Crippen molar-refractivity contribution in [3.05, 3.63) is 35.4 Å². The van der Waals surface area contributed by atoms with Crippen LogP contribution in [0.15, 0.2) is 24.3 Å². The average molecular weight is 298 g/mol. The molecule has 0 N–H and O–H groups in total. The summed E-state index contributed by atoms with van der Waals surface area (Å²) in [5.41, 5.74) is 1.84. The first-order chi connectivity index (χ1) is 9.42. The Kier molecular flexibility index (Phi) is 4.45. The minimum atomic E-state index is -3.62. The lowest BCUT2D eigenvalue weighted by atomic mass is 9.81. The molecule has 0 saturated carbocycles. The number of fused-ring (bicyclic) bond motifs is 1. The van der Waals surface area contributed by atoms with Gasteiger partial charge in [-0.1, -0.05) is 24.3 Å². The molecule has 0 saturated heterocycles. The molecule has 0 radical (unpaired) electrons. The van der Waals surface area contributed by atoms with Gasteiger partial charge in [0.25, 0.3) is 10.1 Å². The van der Waals surface area contributed by atoms with Gasteiger partial charge in [-0.2, -0.15) is 8.42 Å². The minimum Gasteiger partial charge on any atom is -0.465 e. The van der Waals surface area contributed by atoms with Crippen LogP contribution in [0.1, 0.15) is 30.4 Å². The third-order valence-electron chi connectivity index (χ3n) is 3.30. The fourth-order valence-corrected chi connectivity index (χ4v) is 3.23. The van der Waals surface area contributed by atoms with Crippen molar-refractivity contribution in [2.24, 2.45) is 0 Å². The summed E-state index contributed by atoms with van der Waals surface area (Å²) in [6, 6.07) is 7.50. The van der Waals surface area contributed by atoms with Gasteiger partial charge in [-0.25, -0.2) is 0 Å². The van der Waals surface area contributed by atoms with Crippen LogP contribution >= 0.6 is 0 Å². The van der Waals surface area contributed by atoms with Crippen molar-refractivity contribution in [3.63, 3.8) is 0 Å². The Morgan fingerprint density at radius 3 is 2.70 bits per heavy atom. The van der Waals surface area contributed by atoms with Gasteiger partial charge in [-0.15, -0.1) is 0 Å². The highest BCUT2D eigenvalue weighted by Gasteiger charge is 2.38. The summed E-state index contributed by atoms with van der Waals surface area (Å²) in [5, 5.41) is 0. The molecule has 1 aliphatic rings. The van der Waals surface area contributed by atoms with Crippen LogP contribution in [0.2, 0.25) is 0 Å². The number of rotatable bonds is 4. The molecule has 2 unspecified atom stereocenters. The quantitative estimate of drug-likeness (QED) is 0.624. The Bertz CT molecular complexity index is 593. The van der Waals surface area contributed by atoms with Crippen molar-refractivity contribution >= 4 is 16.1 Å². The number of ether oxygens (including phenoxy) is 1. The standard InChI is InChI=1S/C14H18O5S/c1-3-18-14(15)13-11-7-5-4-6-10(11)8-9-12(13)19-20(2,16)17/h4-7,12-13H,3,8-9H2,1-2H3. The molecule has 110 valence electrons. The van der Waals surface area contributed by atoms with Crippen LogP contribution in [0, 0.1) is 0 Å². The van der Waals surface area contributed by atoms with E-state index in [9.17, 15) is 13.2 Å². The van der Waals surface area contributed by atoms with E-state index in [1.807, 2.05) is 24.3 Å². The lowest BCUT2D eigenvalue weighted by Gasteiger charge is -2.31. The second-order valence-corrected chi connectivity index (χ2v) is 6.41. The van der Waals surface area contributed by atoms with E-state index in [1.54, 1.807) is 6.92 Å². The van der Waals surface area contributed by atoms with E-state index in [0.29, 0.717) is 12.8 Å². The summed E-state index contributed by atoms with van der Waals surface area (Å²) >= 11 is 0. The molecule has 0 bridgehead atoms. The topological polar surface area (TPSA) is 69.7 Å². The highest BCUT2D eigenvalue weighted by Crippen LogP contribution is 2.35. The van der Waals surface area contributed by atoms with Gasteiger partial charge < -0.3 is 4.74 Å². The van der Waals surface area contributed by atoms with Crippen molar-refractivity contribution in [2.75, 3.05) is 12.9 Å². The lowest BCUT2D eigenvalue weighted by molar-refractivity contribution is -0.147. The Balaban J connectivity index is 2.37. The van der Waals surface area contributed by atoms with Crippen LogP contribution < -0.4 is 0 Å². The molecule has 2 rings (SSSR count). The SMILES string of the molecule is CCOC(=O)C1c2ccccc2CCC1OS(C)(=O)=O. The molecule has 0 spiro atoms. The molecule has 0 amide bonds. The van der Waals surface area contributed by atoms with Crippen molar-refractivity contribution in [1.82, 2.24) is 0 Å². The fourth-order valence-electron chi connectivity index (χ4n) is 2.57. The number of hydrogen-bond acceptors (Lipinski definition) is 5. The van der Waals surface area contributed by atoms with Gasteiger partial charge in [-0.05, 0) is 30.9 Å². The maximum absolute atomic E-state index is 12.2. The second kappa shape index (κ2) is 5.93. The molecule has 1 aliphatic carbocycles. The fraction of sp³-hybridized carbons (Fsp3) is 0.500. The number of esters is 1. The van der Waals surface area contributed by atoms with Crippen molar-refractivity contribution in [3.8, 4) is 0 Å². The molecule has 5 nitrogen and oxygen atoms in total. The maximum Gasteiger partial charge on any atom is 0.316 e. The van der Waals surface area contributed by atoms with E-state index in [2.05, 4.69) is 0 Å². The van der Waals surface area contributed by atoms with Crippen molar-refractivity contribution in [2.45, 2.75) is 31.8 Å². The van der Waals surface area contributed by atoms with Gasteiger partial charge in [0.1, 0.15) is 5.92 Å². The molecular formula is C14H18O5S. The van der Waals surface area contributed by atoms with Crippen LogP contribution in [0.5, 0.6) is 0 Å². The Morgan fingerprint density at radius 1 is 1.35 bits per heavy atom. The number of carbonyl (C=O) groups excluding carboxylic acids is 1. The highest BCUT2D eigenvalue weighted by atomic mass is 32.2. The first-order valence-corrected chi connectivity index (χ1v) is 8.36. The van der Waals surface area contributed by atoms with E-state index in [0.717, 1.165) is 17.4 Å². The molecule has 20 heavy (non-hydrogen) atoms. The molecule has 2 atom stereocenters. The average Bonchev–Trinajstić information content (AvgIpc) is 2.36. The predicted octanol–water partition coefficient (Wildman–Crippen LogP) is 1.62. The van der Waals surface area contributed by atoms with E-state index < -0.39 is 28.1 Å². The summed E-state index contributed by atoms with van der Waals surface area (Å²) in [7, 11) is -3.62. The van der Waals surface area contributed by atoms with E-state index in [1.165, 1.54) is 0 Å². The van der Waals surface area contributed by atoms with Gasteiger partial charge in [0, 0.05) is 0 Å². The maximum atomic E-state index is 12.2. The third kappa shape index (κ3) is 3.37. The summed E-state index contributed by atoms with van der Waals surface area (Å²) < 4.78 is 32.9. The zero-order valence-corrected chi connectivity index (χ0v) is 12.4. The molecule has 0 fully saturated rings. The van der Waals surface area contributed by atoms with Gasteiger partial charge >= 0.3 is 5.97 Å². The Labute approximate surface area is 119 Å². The van der Waals surface area contributed by atoms with Gasteiger partial charge in [0.2, 0.25) is 0 Å². The number of hydrogen-bond donors (Lipinski definition) is 0. The molecule has 0 aromatic heterocycles. The molecule has 0 heterocycles. The molecule has 6 heteroatoms. The normalized spacial score (nSPS) is 22.1. The molecule has 1 aromatic rings. The van der Waals surface area contributed by atoms with Crippen LogP contribution in [-0.2, 0) is 30.3 Å². The first kappa shape index (κ1) is 15.0. The van der Waals surface area contributed by atoms with Crippen LogP contribution in [0.3, 0.4) is 0 Å². The smallest absolute Gasteiger partial charge is 0.316 e. The van der Waals surface area contributed by atoms with E-state index >= 15 is 0 Å². The summed E-state index contributed by atoms with van der Waals surface area (Å²) in [4.78, 5) is 12.2. The van der Waals surface area contributed by atoms with E-state index in [4.69, 9.17) is 8.92 Å². The number of aryl methyl sites for hydroxylation is 1. The second-order valence-electron chi connectivity index (χ2n) is 4.81. The minimum absolute atomic E-state index is 0.253. The Hall–Kier alpha value is -1.40. The summed E-state index contributed by atoms with van der Waals surface area (Å²) in [6.07, 6.45) is 1.47. The first-order valence-electron chi connectivity index (χ1n) is 6.55. The molecular weight excluding hydrogens is 280 g/mol. The van der Waals surface area contributed by atoms with Crippen molar-refractivity contribution in [1.29, 1.82) is 0 Å². The zero-order chi connectivity index (χ0) is 14.8. The van der Waals surface area contributed by atoms with Gasteiger partial charge in [0.05, 0.1) is 19.0 Å². The number of benzene rings is 1. The van der Waals surface area contributed by atoms with Crippen LogP contribution in [0.4, 0.5) is 0 Å². The van der Waals surface area contributed by atoms with Gasteiger partial charge in [-0.3, -0.25) is 8.98 Å². The number of carbonyl (C=O) groups is 1. The predicted molar refractivity (Wildman–Crippen MR) is 73.9 cm³/mol. The van der Waals surface area contributed by atoms with E-state index in [-0.39, 0.29) is 6.61 Å². The van der Waals surface area contributed by atoms with Crippen LogP contribution in [-0.4, -0.2) is 33.4 Å². The summed E-state index contributed by atoms with van der Waals surface area (Å²) in [6.45, 7) is 1.97. The van der Waals surface area contributed by atoms with Crippen molar-refractivity contribution < 1.29 is 22.1 Å². The lowest BCUT2D eigenvalue weighted by Crippen LogP contribution is -2.35. The van der Waals surface area contributed by atoms with Gasteiger partial charge in [0.15, 0.2) is 0 Å². The summed E-state index contributed by atoms with van der Waals surface area (Å²) in [5.74, 6) is -1.12. The highest BCUT2D eigenvalue weighted by molar-refractivity contribution is 7.86. The molecule has 0 aliphatic heterocycles. The third-order valence-corrected chi connectivity index (χ3v) is 3.90. The zero-order valence-electron chi connectivity index (χ0n) is 11.5.